The van der Waals surface area contributed by atoms with Crippen LogP contribution in [0.2, 0.25) is 0 Å². The van der Waals surface area contributed by atoms with Crippen LogP contribution in [0.4, 0.5) is 0 Å². The van der Waals surface area contributed by atoms with Crippen molar-refractivity contribution in [1.29, 1.82) is 0 Å². The summed E-state index contributed by atoms with van der Waals surface area (Å²) >= 11 is 0. The van der Waals surface area contributed by atoms with E-state index in [1.807, 2.05) is 0 Å². The van der Waals surface area contributed by atoms with Crippen molar-refractivity contribution in [2.75, 3.05) is 6.54 Å². The second kappa shape index (κ2) is 5.89. The van der Waals surface area contributed by atoms with Gasteiger partial charge in [0.2, 0.25) is 0 Å². The molecule has 0 spiro atoms. The number of hydrogen-bond acceptors (Lipinski definition) is 1. The van der Waals surface area contributed by atoms with Crippen LogP contribution in [0.3, 0.4) is 0 Å². The van der Waals surface area contributed by atoms with Crippen LogP contribution in [0.25, 0.3) is 0 Å². The zero-order chi connectivity index (χ0) is 14.8. The Morgan fingerprint density at radius 1 is 1.00 bits per heavy atom. The van der Waals surface area contributed by atoms with Gasteiger partial charge in [-0.2, -0.15) is 0 Å². The molecule has 1 aromatic carbocycles. The summed E-state index contributed by atoms with van der Waals surface area (Å²) in [5.41, 5.74) is 3.31. The highest BCUT2D eigenvalue weighted by Crippen LogP contribution is 2.37. The largest absolute Gasteiger partial charge is 0.307 e. The van der Waals surface area contributed by atoms with E-state index in [-0.39, 0.29) is 11.0 Å². The van der Waals surface area contributed by atoms with Gasteiger partial charge < -0.3 is 5.32 Å². The molecule has 112 valence electrons. The fraction of sp³-hybridized carbons (Fsp3) is 0.684. The summed E-state index contributed by atoms with van der Waals surface area (Å²) in [7, 11) is 0. The summed E-state index contributed by atoms with van der Waals surface area (Å²) in [4.78, 5) is 0. The van der Waals surface area contributed by atoms with Crippen LogP contribution in [0.1, 0.15) is 71.4 Å². The topological polar surface area (TPSA) is 12.0 Å². The highest BCUT2D eigenvalue weighted by Gasteiger charge is 2.35. The summed E-state index contributed by atoms with van der Waals surface area (Å²) in [6, 6.07) is 9.37. The molecule has 20 heavy (non-hydrogen) atoms. The Balaban J connectivity index is 2.34. The third kappa shape index (κ3) is 3.09. The first kappa shape index (κ1) is 15.6. The summed E-state index contributed by atoms with van der Waals surface area (Å²) in [6.45, 7) is 12.7. The average molecular weight is 273 g/mol. The Bertz CT molecular complexity index is 414. The van der Waals surface area contributed by atoms with Gasteiger partial charge in [-0.05, 0) is 41.8 Å². The third-order valence-electron chi connectivity index (χ3n) is 4.94. The maximum Gasteiger partial charge on any atom is 0.0457 e. The van der Waals surface area contributed by atoms with Crippen LogP contribution in [0, 0.1) is 5.92 Å². The summed E-state index contributed by atoms with van der Waals surface area (Å²) in [5, 5.41) is 3.87. The van der Waals surface area contributed by atoms with Crippen molar-refractivity contribution < 1.29 is 0 Å². The first-order valence-electron chi connectivity index (χ1n) is 8.22. The molecule has 1 saturated heterocycles. The fourth-order valence-electron chi connectivity index (χ4n) is 3.45. The minimum absolute atomic E-state index is 0.174. The van der Waals surface area contributed by atoms with Gasteiger partial charge in [0.15, 0.2) is 0 Å². The van der Waals surface area contributed by atoms with E-state index in [2.05, 4.69) is 64.2 Å². The molecule has 1 nitrogen and oxygen atoms in total. The van der Waals surface area contributed by atoms with E-state index in [0.717, 1.165) is 6.54 Å². The van der Waals surface area contributed by atoms with E-state index in [1.165, 1.54) is 36.8 Å². The lowest BCUT2D eigenvalue weighted by atomic mass is 9.75. The number of benzene rings is 1. The van der Waals surface area contributed by atoms with Gasteiger partial charge in [-0.15, -0.1) is 0 Å². The van der Waals surface area contributed by atoms with Crippen molar-refractivity contribution in [3.63, 3.8) is 0 Å². The van der Waals surface area contributed by atoms with Crippen molar-refractivity contribution in [3.05, 3.63) is 35.4 Å². The number of rotatable bonds is 2. The smallest absolute Gasteiger partial charge is 0.0457 e. The molecule has 0 bridgehead atoms. The van der Waals surface area contributed by atoms with Crippen LogP contribution in [-0.4, -0.2) is 6.54 Å². The van der Waals surface area contributed by atoms with E-state index in [0.29, 0.717) is 5.92 Å². The minimum atomic E-state index is 0.174. The van der Waals surface area contributed by atoms with Crippen LogP contribution < -0.4 is 5.32 Å². The Morgan fingerprint density at radius 2 is 1.65 bits per heavy atom. The minimum Gasteiger partial charge on any atom is -0.307 e. The van der Waals surface area contributed by atoms with E-state index in [4.69, 9.17) is 0 Å². The van der Waals surface area contributed by atoms with Gasteiger partial charge in [-0.25, -0.2) is 0 Å². The Labute approximate surface area is 125 Å². The van der Waals surface area contributed by atoms with Crippen LogP contribution in [0.5, 0.6) is 0 Å². The molecule has 1 N–H and O–H groups in total. The lowest BCUT2D eigenvalue weighted by molar-refractivity contribution is 0.231. The predicted molar refractivity (Wildman–Crippen MR) is 88.1 cm³/mol. The van der Waals surface area contributed by atoms with E-state index < -0.39 is 0 Å². The maximum absolute atomic E-state index is 3.87. The molecule has 0 radical (unpaired) electrons. The van der Waals surface area contributed by atoms with Gasteiger partial charge in [-0.1, -0.05) is 71.7 Å². The van der Waals surface area contributed by atoms with Crippen molar-refractivity contribution in [3.8, 4) is 0 Å². The summed E-state index contributed by atoms with van der Waals surface area (Å²) < 4.78 is 0. The average Bonchev–Trinajstić information content (AvgIpc) is 2.64. The monoisotopic (exact) mass is 273 g/mol. The highest BCUT2D eigenvalue weighted by molar-refractivity contribution is 5.32. The van der Waals surface area contributed by atoms with Gasteiger partial charge in [0, 0.05) is 5.54 Å². The zero-order valence-electron chi connectivity index (χ0n) is 13.9. The molecule has 1 unspecified atom stereocenters. The third-order valence-corrected chi connectivity index (χ3v) is 4.94. The van der Waals surface area contributed by atoms with Gasteiger partial charge in [0.05, 0.1) is 0 Å². The highest BCUT2D eigenvalue weighted by atomic mass is 15.0. The van der Waals surface area contributed by atoms with Crippen LogP contribution in [0.15, 0.2) is 24.3 Å². The van der Waals surface area contributed by atoms with Crippen LogP contribution >= 0.6 is 0 Å². The van der Waals surface area contributed by atoms with Gasteiger partial charge in [0.25, 0.3) is 0 Å². The van der Waals surface area contributed by atoms with E-state index >= 15 is 0 Å². The molecule has 1 fully saturated rings. The van der Waals surface area contributed by atoms with Gasteiger partial charge >= 0.3 is 0 Å². The molecule has 1 aliphatic rings. The molecule has 0 saturated carbocycles. The number of nitrogens with one attached hydrogen (secondary N) is 1. The van der Waals surface area contributed by atoms with Gasteiger partial charge in [0.1, 0.15) is 0 Å². The lowest BCUT2D eigenvalue weighted by Gasteiger charge is -2.39. The molecule has 2 rings (SSSR count). The molecule has 1 heteroatoms. The second-order valence-electron chi connectivity index (χ2n) is 7.69. The Kier molecular flexibility index (Phi) is 4.59. The maximum atomic E-state index is 3.87. The first-order chi connectivity index (χ1) is 9.36. The van der Waals surface area contributed by atoms with Crippen molar-refractivity contribution in [1.82, 2.24) is 5.32 Å². The first-order valence-corrected chi connectivity index (χ1v) is 8.22. The summed E-state index contributed by atoms with van der Waals surface area (Å²) in [6.07, 6.45) is 5.28. The van der Waals surface area contributed by atoms with Crippen molar-refractivity contribution in [2.45, 2.75) is 71.3 Å². The quantitative estimate of drug-likeness (QED) is 0.799. The fourth-order valence-corrected chi connectivity index (χ4v) is 3.45. The SMILES string of the molecule is CC(C)C1(c2ccc(C(C)(C)C)cc2)CCCCCN1. The predicted octanol–water partition coefficient (Wildman–Crippen LogP) is 5.00. The van der Waals surface area contributed by atoms with E-state index in [9.17, 15) is 0 Å². The Hall–Kier alpha value is -0.820. The molecule has 0 aliphatic carbocycles. The van der Waals surface area contributed by atoms with E-state index in [1.54, 1.807) is 0 Å². The standard InChI is InChI=1S/C19H31N/c1-15(2)19(13-7-6-8-14-20-19)17-11-9-16(10-12-17)18(3,4)5/h9-12,15,20H,6-8,13-14H2,1-5H3. The van der Waals surface area contributed by atoms with Crippen LogP contribution in [-0.2, 0) is 11.0 Å². The molecule has 1 aromatic rings. The molecule has 0 amide bonds. The van der Waals surface area contributed by atoms with Gasteiger partial charge in [-0.3, -0.25) is 0 Å². The lowest BCUT2D eigenvalue weighted by Crippen LogP contribution is -2.46. The molecular formula is C19H31N. The molecule has 1 heterocycles. The molecule has 1 aliphatic heterocycles. The molecule has 1 atom stereocenters. The molecule has 0 aromatic heterocycles. The normalized spacial score (nSPS) is 24.7. The number of hydrogen-bond donors (Lipinski definition) is 1. The second-order valence-corrected chi connectivity index (χ2v) is 7.69. The molecular weight excluding hydrogens is 242 g/mol. The summed E-state index contributed by atoms with van der Waals surface area (Å²) in [5.74, 6) is 0.626. The zero-order valence-corrected chi connectivity index (χ0v) is 13.9. The van der Waals surface area contributed by atoms with Crippen molar-refractivity contribution >= 4 is 0 Å². The van der Waals surface area contributed by atoms with Crippen molar-refractivity contribution in [2.24, 2.45) is 5.92 Å². The Morgan fingerprint density at radius 3 is 2.20 bits per heavy atom.